The minimum atomic E-state index is -0.911. The van der Waals surface area contributed by atoms with Crippen LogP contribution in [0.3, 0.4) is 0 Å². The Hall–Kier alpha value is 0. The van der Waals surface area contributed by atoms with Crippen LogP contribution in [0, 0.1) is 0 Å². The second-order valence-electron chi connectivity index (χ2n) is 1.64. The molecule has 4 unspecified atom stereocenters. The van der Waals surface area contributed by atoms with Gasteiger partial charge in [-0.15, -0.1) is 0 Å². The molecule has 0 radical (unpaired) electrons. The maximum Gasteiger partial charge on any atom is 0.0267 e. The molecule has 0 bridgehead atoms. The molecule has 0 heteroatoms. The molecule has 50 valence electrons. The van der Waals surface area contributed by atoms with Gasteiger partial charge in [0.2, 0.25) is 0 Å². The third-order valence-corrected chi connectivity index (χ3v) is 0.839. The molecule has 0 aliphatic carbocycles. The van der Waals surface area contributed by atoms with Crippen molar-refractivity contribution in [3.05, 3.63) is 0 Å². The number of hydrogen-bond donors (Lipinski definition) is 0. The molecule has 0 heterocycles. The van der Waals surface area contributed by atoms with Crippen LogP contribution in [0.25, 0.3) is 0 Å². The molecule has 8 heavy (non-hydrogen) atoms. The lowest BCUT2D eigenvalue weighted by Crippen LogP contribution is -1.73. The Bertz CT molecular complexity index is 130. The molecule has 0 nitrogen and oxygen atoms in total. The highest BCUT2D eigenvalue weighted by atomic mass is 13.9. The van der Waals surface area contributed by atoms with Crippen molar-refractivity contribution in [3.63, 3.8) is 0 Å². The fourth-order valence-corrected chi connectivity index (χ4v) is 0.420. The van der Waals surface area contributed by atoms with Gasteiger partial charge in [0.05, 0.1) is 0 Å². The quantitative estimate of drug-likeness (QED) is 0.520. The summed E-state index contributed by atoms with van der Waals surface area (Å²) in [5.74, 6) is 0. The number of hydrogen-bond acceptors (Lipinski definition) is 0. The van der Waals surface area contributed by atoms with Crippen molar-refractivity contribution < 1.29 is 6.85 Å². The fourth-order valence-electron chi connectivity index (χ4n) is 0.420. The maximum atomic E-state index is 7.54. The van der Waals surface area contributed by atoms with E-state index in [2.05, 4.69) is 0 Å². The Morgan fingerprint density at radius 2 is 2.25 bits per heavy atom. The molecule has 0 spiro atoms. The third kappa shape index (κ3) is 6.00. The van der Waals surface area contributed by atoms with E-state index in [9.17, 15) is 0 Å². The summed E-state index contributed by atoms with van der Waals surface area (Å²) >= 11 is 0. The summed E-state index contributed by atoms with van der Waals surface area (Å²) in [6, 6.07) is 0. The molecule has 0 aromatic rings. The Kier molecular flexibility index (Phi) is 2.38. The zero-order valence-electron chi connectivity index (χ0n) is 10.4. The minimum absolute atomic E-state index is 0.150. The zero-order valence-corrected chi connectivity index (χ0v) is 5.43. The Labute approximate surface area is 60.3 Å². The van der Waals surface area contributed by atoms with Gasteiger partial charge in [0.15, 0.2) is 0 Å². The maximum absolute atomic E-state index is 7.54. The van der Waals surface area contributed by atoms with Crippen molar-refractivity contribution in [2.75, 3.05) is 0 Å². The Morgan fingerprint density at radius 1 is 1.38 bits per heavy atom. The summed E-state index contributed by atoms with van der Waals surface area (Å²) in [5.41, 5.74) is 0. The van der Waals surface area contributed by atoms with Crippen LogP contribution in [0.1, 0.15) is 59.1 Å². The van der Waals surface area contributed by atoms with Gasteiger partial charge in [-0.2, -0.15) is 0 Å². The predicted octanol–water partition coefficient (Wildman–Crippen LogP) is 3.37. The van der Waals surface area contributed by atoms with Crippen molar-refractivity contribution in [1.29, 1.82) is 0 Å². The molecule has 0 aromatic heterocycles. The van der Waals surface area contributed by atoms with Gasteiger partial charge >= 0.3 is 0 Å². The van der Waals surface area contributed by atoms with Crippen LogP contribution < -0.4 is 0 Å². The highest BCUT2D eigenvalue weighted by Gasteiger charge is 1.83. The van der Waals surface area contributed by atoms with E-state index in [0.717, 1.165) is 6.42 Å². The molecule has 0 aliphatic heterocycles. The smallest absolute Gasteiger partial charge is 0.0267 e. The first kappa shape index (κ1) is 2.72. The summed E-state index contributed by atoms with van der Waals surface area (Å²) in [4.78, 5) is 0. The largest absolute Gasteiger partial charge is 0.0654 e. The van der Waals surface area contributed by atoms with Crippen LogP contribution in [0.4, 0.5) is 0 Å². The van der Waals surface area contributed by atoms with Crippen LogP contribution in [0.2, 0.25) is 0 Å². The second kappa shape index (κ2) is 7.00. The predicted molar refractivity (Wildman–Crippen MR) is 39.1 cm³/mol. The molecule has 0 amide bonds. The van der Waals surface area contributed by atoms with Gasteiger partial charge in [-0.25, -0.2) is 0 Å². The van der Waals surface area contributed by atoms with E-state index in [1.54, 1.807) is 0 Å². The monoisotopic (exact) mass is 119 g/mol. The van der Waals surface area contributed by atoms with Gasteiger partial charge in [-0.3, -0.25) is 0 Å². The third-order valence-electron chi connectivity index (χ3n) is 0.839. The molecule has 0 rings (SSSR count). The molecule has 0 aromatic carbocycles. The molecule has 0 fully saturated rings. The van der Waals surface area contributed by atoms with Gasteiger partial charge in [0.1, 0.15) is 0 Å². The molecule has 0 N–H and O–H groups in total. The lowest BCUT2D eigenvalue weighted by molar-refractivity contribution is 0.624. The highest BCUT2D eigenvalue weighted by Crippen LogP contribution is 2.03. The summed E-state index contributed by atoms with van der Waals surface area (Å²) < 4.78 is 36.8. The van der Waals surface area contributed by atoms with Crippen LogP contribution in [-0.2, 0) is 0 Å². The number of rotatable bonds is 5. The molecular weight excluding hydrogens is 96.1 g/mol. The van der Waals surface area contributed by atoms with Crippen LogP contribution >= 0.6 is 0 Å². The first-order valence-electron chi connectivity index (χ1n) is 6.04. The normalized spacial score (nSPS) is 34.4. The first-order valence-corrected chi connectivity index (χ1v) is 3.02. The lowest BCUT2D eigenvalue weighted by atomic mass is 10.1. The summed E-state index contributed by atoms with van der Waals surface area (Å²) in [7, 11) is 0. The van der Waals surface area contributed by atoms with E-state index in [-0.39, 0.29) is 6.90 Å². The van der Waals surface area contributed by atoms with Gasteiger partial charge < -0.3 is 0 Å². The summed E-state index contributed by atoms with van der Waals surface area (Å²) in [6.07, 6.45) is -1.73. The Morgan fingerprint density at radius 3 is 2.88 bits per heavy atom. The van der Waals surface area contributed by atoms with Crippen molar-refractivity contribution >= 4 is 0 Å². The molecule has 4 atom stereocenters. The molecular formula is C8H18. The van der Waals surface area contributed by atoms with E-state index in [0.29, 0.717) is 6.42 Å². The van der Waals surface area contributed by atoms with Crippen LogP contribution in [0.15, 0.2) is 0 Å². The van der Waals surface area contributed by atoms with Gasteiger partial charge in [-0.05, 0) is 0 Å². The van der Waals surface area contributed by atoms with Crippen molar-refractivity contribution in [3.8, 4) is 0 Å². The van der Waals surface area contributed by atoms with Gasteiger partial charge in [0, 0.05) is 6.85 Å². The van der Waals surface area contributed by atoms with E-state index in [4.69, 9.17) is 6.85 Å². The summed E-state index contributed by atoms with van der Waals surface area (Å²) in [6.45, 7) is 1.79. The fraction of sp³-hybridized carbons (Fsp3) is 1.00. The first-order chi connectivity index (χ1) is 6.04. The average molecular weight is 119 g/mol. The second-order valence-corrected chi connectivity index (χ2v) is 1.64. The topological polar surface area (TPSA) is 0 Å². The van der Waals surface area contributed by atoms with Crippen molar-refractivity contribution in [1.82, 2.24) is 0 Å². The van der Waals surface area contributed by atoms with E-state index in [1.165, 1.54) is 0 Å². The van der Waals surface area contributed by atoms with Crippen LogP contribution in [-0.4, -0.2) is 0 Å². The lowest BCUT2D eigenvalue weighted by Gasteiger charge is -1.93. The van der Waals surface area contributed by atoms with Crippen LogP contribution in [0.5, 0.6) is 0 Å². The molecule has 0 aliphatic rings. The Balaban J connectivity index is 3.99. The molecule has 0 saturated heterocycles. The van der Waals surface area contributed by atoms with E-state index >= 15 is 0 Å². The van der Waals surface area contributed by atoms with Crippen molar-refractivity contribution in [2.45, 2.75) is 52.3 Å². The molecule has 0 saturated carbocycles. The SMILES string of the molecule is [2H]CC([2H])C([2H])C([2H])C([2H])CCC. The highest BCUT2D eigenvalue weighted by molar-refractivity contribution is 4.39. The van der Waals surface area contributed by atoms with E-state index < -0.39 is 25.6 Å². The van der Waals surface area contributed by atoms with Gasteiger partial charge in [0.25, 0.3) is 0 Å². The van der Waals surface area contributed by atoms with E-state index in [1.807, 2.05) is 6.92 Å². The van der Waals surface area contributed by atoms with Crippen molar-refractivity contribution in [2.24, 2.45) is 0 Å². The average Bonchev–Trinajstić information content (AvgIpc) is 2.14. The standard InChI is InChI=1S/C8H18/c1-3-5-7-8-6-4-2/h3-8H2,1-2H3/i1D,3D,5D,7D,8D. The minimum Gasteiger partial charge on any atom is -0.0654 e. The van der Waals surface area contributed by atoms with Gasteiger partial charge in [-0.1, -0.05) is 52.3 Å². The summed E-state index contributed by atoms with van der Waals surface area (Å²) in [5, 5.41) is 0. The zero-order chi connectivity index (χ0) is 10.4.